The highest BCUT2D eigenvalue weighted by Gasteiger charge is 2.09. The van der Waals surface area contributed by atoms with Crippen molar-refractivity contribution in [3.63, 3.8) is 0 Å². The fourth-order valence-electron chi connectivity index (χ4n) is 2.60. The van der Waals surface area contributed by atoms with Gasteiger partial charge in [-0.05, 0) is 48.4 Å². The van der Waals surface area contributed by atoms with Gasteiger partial charge >= 0.3 is 0 Å². The molecule has 3 aromatic rings. The third-order valence-electron chi connectivity index (χ3n) is 3.64. The summed E-state index contributed by atoms with van der Waals surface area (Å²) in [6, 6.07) is 14.8. The number of nitrogens with zero attached hydrogens (tertiary/aromatic N) is 1. The van der Waals surface area contributed by atoms with Gasteiger partial charge in [0.05, 0.1) is 10.2 Å². The van der Waals surface area contributed by atoms with Crippen molar-refractivity contribution in [3.8, 4) is 0 Å². The van der Waals surface area contributed by atoms with Crippen molar-refractivity contribution >= 4 is 32.4 Å². The van der Waals surface area contributed by atoms with Gasteiger partial charge in [0.25, 0.3) is 0 Å². The predicted octanol–water partition coefficient (Wildman–Crippen LogP) is 3.69. The lowest BCUT2D eigenvalue weighted by Crippen LogP contribution is -2.23. The molecule has 3 nitrogen and oxygen atoms in total. The molecule has 2 aromatic carbocycles. The Morgan fingerprint density at radius 1 is 1.10 bits per heavy atom. The Morgan fingerprint density at radius 2 is 2.05 bits per heavy atom. The van der Waals surface area contributed by atoms with Crippen LogP contribution in [0, 0.1) is 0 Å². The molecular weight excluding hydrogens is 266 g/mol. The molecule has 1 aromatic heterocycles. The van der Waals surface area contributed by atoms with Crippen LogP contribution in [0.5, 0.6) is 0 Å². The minimum Gasteiger partial charge on any atom is -0.332 e. The largest absolute Gasteiger partial charge is 0.332 e. The maximum absolute atomic E-state index is 4.62. The second-order valence-corrected chi connectivity index (χ2v) is 6.05. The van der Waals surface area contributed by atoms with E-state index in [-0.39, 0.29) is 0 Å². The van der Waals surface area contributed by atoms with Crippen LogP contribution in [0.3, 0.4) is 0 Å². The van der Waals surface area contributed by atoms with Gasteiger partial charge in [-0.25, -0.2) is 4.98 Å². The van der Waals surface area contributed by atoms with Crippen molar-refractivity contribution in [3.05, 3.63) is 53.6 Å². The molecular formula is C16H15N3S. The number of hydrogen-bond donors (Lipinski definition) is 2. The first-order valence-electron chi connectivity index (χ1n) is 6.84. The molecule has 0 saturated carbocycles. The first kappa shape index (κ1) is 11.9. The van der Waals surface area contributed by atoms with E-state index in [4.69, 9.17) is 0 Å². The number of benzene rings is 2. The van der Waals surface area contributed by atoms with Crippen LogP contribution in [0.1, 0.15) is 11.1 Å². The molecule has 0 amide bonds. The van der Waals surface area contributed by atoms with E-state index in [1.165, 1.54) is 15.8 Å². The number of para-hydroxylation sites is 1. The van der Waals surface area contributed by atoms with Crippen LogP contribution in [0.15, 0.2) is 42.5 Å². The quantitative estimate of drug-likeness (QED) is 0.752. The average Bonchev–Trinajstić information content (AvgIpc) is 2.89. The van der Waals surface area contributed by atoms with Crippen molar-refractivity contribution in [1.29, 1.82) is 0 Å². The van der Waals surface area contributed by atoms with Crippen molar-refractivity contribution in [1.82, 2.24) is 10.3 Å². The molecule has 0 spiro atoms. The lowest BCUT2D eigenvalue weighted by atomic mass is 10.0. The third-order valence-corrected chi connectivity index (χ3v) is 4.59. The number of anilines is 2. The van der Waals surface area contributed by atoms with Gasteiger partial charge in [-0.15, -0.1) is 0 Å². The summed E-state index contributed by atoms with van der Waals surface area (Å²) in [6.07, 6.45) is 1.10. The average molecular weight is 281 g/mol. The Morgan fingerprint density at radius 3 is 3.00 bits per heavy atom. The Balaban J connectivity index is 1.65. The zero-order valence-corrected chi connectivity index (χ0v) is 11.8. The number of rotatable bonds is 2. The number of fused-ring (bicyclic) bond motifs is 2. The summed E-state index contributed by atoms with van der Waals surface area (Å²) in [6.45, 7) is 2.05. The Hall–Kier alpha value is -1.91. The smallest absolute Gasteiger partial charge is 0.188 e. The predicted molar refractivity (Wildman–Crippen MR) is 84.8 cm³/mol. The third kappa shape index (κ3) is 2.17. The molecule has 0 unspecified atom stereocenters. The second kappa shape index (κ2) is 4.89. The topological polar surface area (TPSA) is 37.0 Å². The normalized spacial score (nSPS) is 14.2. The first-order chi connectivity index (χ1) is 9.88. The Kier molecular flexibility index (Phi) is 2.90. The van der Waals surface area contributed by atoms with E-state index in [1.807, 2.05) is 6.07 Å². The van der Waals surface area contributed by atoms with E-state index in [0.29, 0.717) is 0 Å². The summed E-state index contributed by atoms with van der Waals surface area (Å²) in [5.74, 6) is 0. The highest BCUT2D eigenvalue weighted by Crippen LogP contribution is 2.29. The minimum absolute atomic E-state index is 0.958. The molecule has 2 heterocycles. The summed E-state index contributed by atoms with van der Waals surface area (Å²) in [5, 5.41) is 7.79. The number of thiazole rings is 1. The molecule has 0 saturated heterocycles. The molecule has 20 heavy (non-hydrogen) atoms. The molecule has 4 rings (SSSR count). The van der Waals surface area contributed by atoms with Crippen LogP contribution < -0.4 is 10.6 Å². The first-order valence-corrected chi connectivity index (χ1v) is 7.65. The van der Waals surface area contributed by atoms with E-state index < -0.39 is 0 Å². The van der Waals surface area contributed by atoms with Gasteiger partial charge in [0.1, 0.15) is 0 Å². The molecule has 0 atom stereocenters. The fourth-order valence-corrected chi connectivity index (χ4v) is 3.49. The summed E-state index contributed by atoms with van der Waals surface area (Å²) in [5.41, 5.74) is 5.04. The van der Waals surface area contributed by atoms with Crippen molar-refractivity contribution in [2.45, 2.75) is 13.0 Å². The van der Waals surface area contributed by atoms with E-state index >= 15 is 0 Å². The summed E-state index contributed by atoms with van der Waals surface area (Å²) < 4.78 is 1.22. The zero-order chi connectivity index (χ0) is 13.4. The lowest BCUT2D eigenvalue weighted by Gasteiger charge is -2.17. The van der Waals surface area contributed by atoms with Crippen LogP contribution in [0.25, 0.3) is 10.2 Å². The SMILES string of the molecule is c1ccc2sc(Nc3ccc4c(c3)CCNC4)nc2c1. The van der Waals surface area contributed by atoms with Gasteiger partial charge in [0.15, 0.2) is 5.13 Å². The molecule has 1 aliphatic rings. The molecule has 0 fully saturated rings. The van der Waals surface area contributed by atoms with Gasteiger partial charge in [-0.2, -0.15) is 0 Å². The maximum Gasteiger partial charge on any atom is 0.188 e. The molecule has 0 aliphatic carbocycles. The molecule has 0 radical (unpaired) electrons. The van der Waals surface area contributed by atoms with Crippen molar-refractivity contribution in [2.24, 2.45) is 0 Å². The zero-order valence-electron chi connectivity index (χ0n) is 11.0. The number of nitrogens with one attached hydrogen (secondary N) is 2. The van der Waals surface area contributed by atoms with Crippen LogP contribution in [-0.4, -0.2) is 11.5 Å². The van der Waals surface area contributed by atoms with E-state index in [1.54, 1.807) is 11.3 Å². The van der Waals surface area contributed by atoms with Gasteiger partial charge in [-0.1, -0.05) is 29.5 Å². The van der Waals surface area contributed by atoms with E-state index in [9.17, 15) is 0 Å². The Bertz CT molecular complexity index is 730. The number of hydrogen-bond acceptors (Lipinski definition) is 4. The van der Waals surface area contributed by atoms with Crippen molar-refractivity contribution < 1.29 is 0 Å². The lowest BCUT2D eigenvalue weighted by molar-refractivity contribution is 0.644. The minimum atomic E-state index is 0.958. The fraction of sp³-hybridized carbons (Fsp3) is 0.188. The summed E-state index contributed by atoms with van der Waals surface area (Å²) in [7, 11) is 0. The van der Waals surface area contributed by atoms with Crippen LogP contribution in [0.2, 0.25) is 0 Å². The monoisotopic (exact) mass is 281 g/mol. The van der Waals surface area contributed by atoms with Crippen LogP contribution in [0.4, 0.5) is 10.8 Å². The van der Waals surface area contributed by atoms with Crippen LogP contribution >= 0.6 is 11.3 Å². The molecule has 4 heteroatoms. The van der Waals surface area contributed by atoms with Gasteiger partial charge < -0.3 is 10.6 Å². The van der Waals surface area contributed by atoms with Crippen molar-refractivity contribution in [2.75, 3.05) is 11.9 Å². The molecule has 1 aliphatic heterocycles. The maximum atomic E-state index is 4.62. The highest BCUT2D eigenvalue weighted by molar-refractivity contribution is 7.22. The van der Waals surface area contributed by atoms with Gasteiger partial charge in [-0.3, -0.25) is 0 Å². The summed E-state index contributed by atoms with van der Waals surface area (Å²) >= 11 is 1.69. The second-order valence-electron chi connectivity index (χ2n) is 5.02. The summed E-state index contributed by atoms with van der Waals surface area (Å²) in [4.78, 5) is 4.62. The Labute approximate surface area is 121 Å². The molecule has 2 N–H and O–H groups in total. The molecule has 100 valence electrons. The van der Waals surface area contributed by atoms with E-state index in [0.717, 1.165) is 35.8 Å². The van der Waals surface area contributed by atoms with E-state index in [2.05, 4.69) is 52.0 Å². The number of aromatic nitrogens is 1. The van der Waals surface area contributed by atoms with Crippen LogP contribution in [-0.2, 0) is 13.0 Å². The van der Waals surface area contributed by atoms with Gasteiger partial charge in [0, 0.05) is 12.2 Å². The highest BCUT2D eigenvalue weighted by atomic mass is 32.1. The standard InChI is InChI=1S/C16H15N3S/c1-2-4-15-14(3-1)19-16(20-15)18-13-6-5-12-10-17-8-7-11(12)9-13/h1-6,9,17H,7-8,10H2,(H,18,19). The molecule has 0 bridgehead atoms. The van der Waals surface area contributed by atoms with Gasteiger partial charge in [0.2, 0.25) is 0 Å².